The van der Waals surface area contributed by atoms with Crippen molar-refractivity contribution in [2.24, 2.45) is 7.05 Å². The molecule has 0 unspecified atom stereocenters. The second-order valence-electron chi connectivity index (χ2n) is 3.90. The number of benzene rings is 1. The standard InChI is InChI=1S/C13H14N2O4/c1-14-12(16)6-7-15(13(14)17)9-4-5-10(18-2)11(8-9)19-3/h4-8H,1-3H3. The third-order valence-corrected chi connectivity index (χ3v) is 2.84. The Balaban J connectivity index is 2.63. The second-order valence-corrected chi connectivity index (χ2v) is 3.90. The van der Waals surface area contributed by atoms with Gasteiger partial charge in [0.05, 0.1) is 19.9 Å². The van der Waals surface area contributed by atoms with Crippen LogP contribution < -0.4 is 20.7 Å². The molecule has 1 heterocycles. The number of nitrogens with zero attached hydrogens (tertiary/aromatic N) is 2. The van der Waals surface area contributed by atoms with Crippen molar-refractivity contribution in [2.45, 2.75) is 0 Å². The average Bonchev–Trinajstić information content (AvgIpc) is 2.44. The zero-order valence-electron chi connectivity index (χ0n) is 10.9. The Hall–Kier alpha value is -2.50. The molecule has 0 atom stereocenters. The van der Waals surface area contributed by atoms with E-state index < -0.39 is 5.69 Å². The van der Waals surface area contributed by atoms with Gasteiger partial charge in [0.25, 0.3) is 5.56 Å². The third kappa shape index (κ3) is 2.24. The molecule has 19 heavy (non-hydrogen) atoms. The van der Waals surface area contributed by atoms with Crippen LogP contribution in [0.25, 0.3) is 5.69 Å². The van der Waals surface area contributed by atoms with E-state index in [1.165, 1.54) is 38.1 Å². The van der Waals surface area contributed by atoms with E-state index >= 15 is 0 Å². The molecule has 0 amide bonds. The van der Waals surface area contributed by atoms with Crippen LogP contribution >= 0.6 is 0 Å². The summed E-state index contributed by atoms with van der Waals surface area (Å²) in [5.74, 6) is 1.09. The van der Waals surface area contributed by atoms with E-state index in [1.807, 2.05) is 0 Å². The van der Waals surface area contributed by atoms with Gasteiger partial charge >= 0.3 is 5.69 Å². The minimum Gasteiger partial charge on any atom is -0.493 e. The highest BCUT2D eigenvalue weighted by molar-refractivity contribution is 5.48. The number of rotatable bonds is 3. The molecule has 1 aromatic carbocycles. The van der Waals surface area contributed by atoms with E-state index in [9.17, 15) is 9.59 Å². The van der Waals surface area contributed by atoms with Crippen molar-refractivity contribution in [2.75, 3.05) is 14.2 Å². The fourth-order valence-corrected chi connectivity index (χ4v) is 1.74. The smallest absolute Gasteiger partial charge is 0.335 e. The van der Waals surface area contributed by atoms with Gasteiger partial charge in [-0.1, -0.05) is 0 Å². The average molecular weight is 262 g/mol. The number of hydrogen-bond donors (Lipinski definition) is 0. The Bertz CT molecular complexity index is 715. The zero-order chi connectivity index (χ0) is 14.0. The maximum Gasteiger partial charge on any atom is 0.335 e. The maximum absolute atomic E-state index is 12.0. The summed E-state index contributed by atoms with van der Waals surface area (Å²) in [6, 6.07) is 6.42. The summed E-state index contributed by atoms with van der Waals surface area (Å²) in [4.78, 5) is 23.3. The van der Waals surface area contributed by atoms with Crippen LogP contribution in [0.2, 0.25) is 0 Å². The molecule has 0 aliphatic rings. The first-order chi connectivity index (χ1) is 9.08. The molecule has 0 aliphatic heterocycles. The van der Waals surface area contributed by atoms with Gasteiger partial charge in [-0.2, -0.15) is 0 Å². The maximum atomic E-state index is 12.0. The molecule has 1 aromatic heterocycles. The van der Waals surface area contributed by atoms with Gasteiger partial charge in [0.1, 0.15) is 0 Å². The monoisotopic (exact) mass is 262 g/mol. The molecule has 0 N–H and O–H groups in total. The minimum atomic E-state index is -0.417. The lowest BCUT2D eigenvalue weighted by Gasteiger charge is -2.11. The molecule has 0 bridgehead atoms. The molecule has 6 nitrogen and oxygen atoms in total. The molecule has 0 saturated heterocycles. The van der Waals surface area contributed by atoms with Crippen LogP contribution in [0.1, 0.15) is 0 Å². The van der Waals surface area contributed by atoms with Gasteiger partial charge in [-0.05, 0) is 12.1 Å². The Morgan fingerprint density at radius 2 is 1.68 bits per heavy atom. The molecule has 0 saturated carbocycles. The number of ether oxygens (including phenoxy) is 2. The zero-order valence-corrected chi connectivity index (χ0v) is 10.9. The summed E-state index contributed by atoms with van der Waals surface area (Å²) in [5, 5.41) is 0. The Morgan fingerprint density at radius 3 is 2.32 bits per heavy atom. The predicted octanol–water partition coefficient (Wildman–Crippen LogP) is 0.553. The van der Waals surface area contributed by atoms with E-state index in [2.05, 4.69) is 0 Å². The van der Waals surface area contributed by atoms with Crippen molar-refractivity contribution in [3.05, 3.63) is 51.3 Å². The van der Waals surface area contributed by atoms with Gasteiger partial charge < -0.3 is 9.47 Å². The molecular weight excluding hydrogens is 248 g/mol. The van der Waals surface area contributed by atoms with E-state index in [0.29, 0.717) is 17.2 Å². The van der Waals surface area contributed by atoms with Gasteiger partial charge in [-0.3, -0.25) is 13.9 Å². The highest BCUT2D eigenvalue weighted by Crippen LogP contribution is 2.28. The number of hydrogen-bond acceptors (Lipinski definition) is 4. The van der Waals surface area contributed by atoms with Crippen LogP contribution in [0.4, 0.5) is 0 Å². The van der Waals surface area contributed by atoms with Crippen molar-refractivity contribution in [3.63, 3.8) is 0 Å². The molecule has 0 fully saturated rings. The first kappa shape index (κ1) is 12.9. The van der Waals surface area contributed by atoms with Crippen molar-refractivity contribution < 1.29 is 9.47 Å². The largest absolute Gasteiger partial charge is 0.493 e. The topological polar surface area (TPSA) is 62.5 Å². The molecule has 0 radical (unpaired) electrons. The molecule has 2 rings (SSSR count). The number of methoxy groups -OCH3 is 2. The fourth-order valence-electron chi connectivity index (χ4n) is 1.74. The Morgan fingerprint density at radius 1 is 1.00 bits per heavy atom. The van der Waals surface area contributed by atoms with E-state index in [0.717, 1.165) is 4.57 Å². The van der Waals surface area contributed by atoms with Crippen LogP contribution in [0.5, 0.6) is 11.5 Å². The SMILES string of the molecule is COc1ccc(-n2ccc(=O)n(C)c2=O)cc1OC. The molecular formula is C13H14N2O4. The van der Waals surface area contributed by atoms with Gasteiger partial charge in [-0.15, -0.1) is 0 Å². The van der Waals surface area contributed by atoms with Gasteiger partial charge in [0.15, 0.2) is 11.5 Å². The minimum absolute atomic E-state index is 0.346. The third-order valence-electron chi connectivity index (χ3n) is 2.84. The first-order valence-corrected chi connectivity index (χ1v) is 5.59. The predicted molar refractivity (Wildman–Crippen MR) is 70.4 cm³/mol. The van der Waals surface area contributed by atoms with Crippen LogP contribution in [0, 0.1) is 0 Å². The normalized spacial score (nSPS) is 10.3. The Kier molecular flexibility index (Phi) is 3.41. The van der Waals surface area contributed by atoms with Crippen LogP contribution in [0.15, 0.2) is 40.1 Å². The van der Waals surface area contributed by atoms with Gasteiger partial charge in [0, 0.05) is 25.4 Å². The van der Waals surface area contributed by atoms with E-state index in [4.69, 9.17) is 9.47 Å². The van der Waals surface area contributed by atoms with Crippen LogP contribution in [-0.2, 0) is 7.05 Å². The highest BCUT2D eigenvalue weighted by atomic mass is 16.5. The molecule has 0 spiro atoms. The first-order valence-electron chi connectivity index (χ1n) is 5.59. The summed E-state index contributed by atoms with van der Waals surface area (Å²) in [6.45, 7) is 0. The van der Waals surface area contributed by atoms with Crippen molar-refractivity contribution in [1.29, 1.82) is 0 Å². The number of aromatic nitrogens is 2. The summed E-state index contributed by atoms with van der Waals surface area (Å²) < 4.78 is 12.7. The van der Waals surface area contributed by atoms with Crippen molar-refractivity contribution >= 4 is 0 Å². The summed E-state index contributed by atoms with van der Waals surface area (Å²) in [5.41, 5.74) is -0.167. The lowest BCUT2D eigenvalue weighted by molar-refractivity contribution is 0.355. The van der Waals surface area contributed by atoms with Crippen molar-refractivity contribution in [1.82, 2.24) is 9.13 Å². The van der Waals surface area contributed by atoms with Gasteiger partial charge in [0.2, 0.25) is 0 Å². The fraction of sp³-hybridized carbons (Fsp3) is 0.231. The molecule has 0 aliphatic carbocycles. The van der Waals surface area contributed by atoms with E-state index in [1.54, 1.807) is 18.2 Å². The Labute approximate surface area is 109 Å². The quantitative estimate of drug-likeness (QED) is 0.810. The van der Waals surface area contributed by atoms with Crippen molar-refractivity contribution in [3.8, 4) is 17.2 Å². The molecule has 6 heteroatoms. The summed E-state index contributed by atoms with van der Waals surface area (Å²) in [7, 11) is 4.49. The van der Waals surface area contributed by atoms with Gasteiger partial charge in [-0.25, -0.2) is 4.79 Å². The van der Waals surface area contributed by atoms with E-state index in [-0.39, 0.29) is 5.56 Å². The summed E-state index contributed by atoms with van der Waals surface area (Å²) >= 11 is 0. The van der Waals surface area contributed by atoms with Crippen LogP contribution in [0.3, 0.4) is 0 Å². The summed E-state index contributed by atoms with van der Waals surface area (Å²) in [6.07, 6.45) is 1.44. The second kappa shape index (κ2) is 5.01. The lowest BCUT2D eigenvalue weighted by atomic mass is 10.2. The lowest BCUT2D eigenvalue weighted by Crippen LogP contribution is -2.36. The molecule has 100 valence electrons. The molecule has 2 aromatic rings. The van der Waals surface area contributed by atoms with Crippen LogP contribution in [-0.4, -0.2) is 23.4 Å². The highest BCUT2D eigenvalue weighted by Gasteiger charge is 2.08.